The highest BCUT2D eigenvalue weighted by Crippen LogP contribution is 2.29. The summed E-state index contributed by atoms with van der Waals surface area (Å²) in [7, 11) is 0. The zero-order chi connectivity index (χ0) is 12.5. The Morgan fingerprint density at radius 1 is 1.39 bits per heavy atom. The van der Waals surface area contributed by atoms with Gasteiger partial charge in [-0.3, -0.25) is 0 Å². The highest BCUT2D eigenvalue weighted by atomic mass is 15.2. The Balaban J connectivity index is 1.77. The minimum atomic E-state index is 0.431. The molecule has 94 valence electrons. The molecule has 5 heteroatoms. The van der Waals surface area contributed by atoms with Crippen molar-refractivity contribution in [2.45, 2.75) is 25.8 Å². The summed E-state index contributed by atoms with van der Waals surface area (Å²) in [5.74, 6) is 1.33. The first-order valence-electron chi connectivity index (χ1n) is 6.49. The number of fused-ring (bicyclic) bond motifs is 3. The lowest BCUT2D eigenvalue weighted by Crippen LogP contribution is -2.53. The summed E-state index contributed by atoms with van der Waals surface area (Å²) in [4.78, 5) is 11.1. The molecule has 5 nitrogen and oxygen atoms in total. The standard InChI is InChI=1S/C13H17N5/c1-9-6-11(7-14)16-13(15-9)17-12-8-18-4-2-10(12)3-5-18/h6,10,12H,2-5,8H2,1H3,(H,15,16,17). The van der Waals surface area contributed by atoms with Crippen molar-refractivity contribution < 1.29 is 0 Å². The molecule has 1 unspecified atom stereocenters. The average molecular weight is 243 g/mol. The SMILES string of the molecule is Cc1cc(C#N)nc(NC2CN3CCC2CC3)n1. The molecule has 3 aliphatic rings. The molecule has 0 aromatic carbocycles. The molecular formula is C13H17N5. The Morgan fingerprint density at radius 2 is 2.17 bits per heavy atom. The number of anilines is 1. The van der Waals surface area contributed by atoms with Crippen LogP contribution in [0.25, 0.3) is 0 Å². The van der Waals surface area contributed by atoms with E-state index < -0.39 is 0 Å². The first-order chi connectivity index (χ1) is 8.74. The van der Waals surface area contributed by atoms with Crippen LogP contribution < -0.4 is 5.32 Å². The average Bonchev–Trinajstić information content (AvgIpc) is 2.39. The van der Waals surface area contributed by atoms with Gasteiger partial charge in [-0.05, 0) is 44.8 Å². The summed E-state index contributed by atoms with van der Waals surface area (Å²) in [5.41, 5.74) is 1.27. The molecule has 1 aromatic heterocycles. The van der Waals surface area contributed by atoms with Crippen LogP contribution in [0.1, 0.15) is 24.2 Å². The van der Waals surface area contributed by atoms with Gasteiger partial charge in [0.15, 0.2) is 0 Å². The van der Waals surface area contributed by atoms with Gasteiger partial charge in [-0.25, -0.2) is 9.97 Å². The van der Waals surface area contributed by atoms with Gasteiger partial charge < -0.3 is 10.2 Å². The molecule has 18 heavy (non-hydrogen) atoms. The van der Waals surface area contributed by atoms with Gasteiger partial charge in [-0.2, -0.15) is 5.26 Å². The Bertz CT molecular complexity index is 485. The van der Waals surface area contributed by atoms with Gasteiger partial charge >= 0.3 is 0 Å². The number of nitriles is 1. The van der Waals surface area contributed by atoms with Crippen LogP contribution in [0.5, 0.6) is 0 Å². The molecule has 3 fully saturated rings. The molecule has 0 saturated carbocycles. The predicted octanol–water partition coefficient (Wildman–Crippen LogP) is 1.16. The molecule has 0 radical (unpaired) electrons. The molecule has 0 amide bonds. The molecule has 1 N–H and O–H groups in total. The normalized spacial score (nSPS) is 29.9. The number of nitrogens with one attached hydrogen (secondary N) is 1. The number of hydrogen-bond acceptors (Lipinski definition) is 5. The fourth-order valence-corrected chi connectivity index (χ4v) is 2.98. The number of nitrogens with zero attached hydrogens (tertiary/aromatic N) is 4. The second-order valence-electron chi connectivity index (χ2n) is 5.22. The third-order valence-electron chi connectivity index (χ3n) is 3.94. The molecule has 2 bridgehead atoms. The van der Waals surface area contributed by atoms with Crippen molar-refractivity contribution in [2.75, 3.05) is 25.0 Å². The van der Waals surface area contributed by atoms with E-state index in [0.717, 1.165) is 18.2 Å². The van der Waals surface area contributed by atoms with E-state index in [1.807, 2.05) is 6.92 Å². The van der Waals surface area contributed by atoms with E-state index in [1.54, 1.807) is 6.07 Å². The van der Waals surface area contributed by atoms with Crippen molar-refractivity contribution >= 4 is 5.95 Å². The van der Waals surface area contributed by atoms with Gasteiger partial charge in [0.1, 0.15) is 11.8 Å². The van der Waals surface area contributed by atoms with Crippen molar-refractivity contribution in [1.82, 2.24) is 14.9 Å². The maximum absolute atomic E-state index is 8.92. The number of piperidine rings is 3. The van der Waals surface area contributed by atoms with Crippen LogP contribution in [0, 0.1) is 24.2 Å². The fraction of sp³-hybridized carbons (Fsp3) is 0.615. The third-order valence-corrected chi connectivity index (χ3v) is 3.94. The van der Waals surface area contributed by atoms with Crippen LogP contribution in [0.2, 0.25) is 0 Å². The van der Waals surface area contributed by atoms with Gasteiger partial charge in [-0.1, -0.05) is 0 Å². The van der Waals surface area contributed by atoms with E-state index in [0.29, 0.717) is 17.7 Å². The second-order valence-corrected chi connectivity index (χ2v) is 5.22. The first-order valence-corrected chi connectivity index (χ1v) is 6.49. The minimum Gasteiger partial charge on any atom is -0.350 e. The van der Waals surface area contributed by atoms with E-state index in [9.17, 15) is 0 Å². The zero-order valence-electron chi connectivity index (χ0n) is 10.6. The summed E-state index contributed by atoms with van der Waals surface area (Å²) in [6.45, 7) is 5.41. The van der Waals surface area contributed by atoms with E-state index in [4.69, 9.17) is 5.26 Å². The van der Waals surface area contributed by atoms with Crippen LogP contribution >= 0.6 is 0 Å². The number of aryl methyl sites for hydroxylation is 1. The molecule has 1 atom stereocenters. The molecular weight excluding hydrogens is 226 g/mol. The Kier molecular flexibility index (Phi) is 2.88. The lowest BCUT2D eigenvalue weighted by atomic mass is 9.84. The van der Waals surface area contributed by atoms with Crippen molar-refractivity contribution in [2.24, 2.45) is 5.92 Å². The predicted molar refractivity (Wildman–Crippen MR) is 68.1 cm³/mol. The minimum absolute atomic E-state index is 0.431. The van der Waals surface area contributed by atoms with Gasteiger partial charge in [0.25, 0.3) is 0 Å². The molecule has 4 heterocycles. The highest BCUT2D eigenvalue weighted by Gasteiger charge is 2.34. The van der Waals surface area contributed by atoms with Crippen molar-refractivity contribution in [3.05, 3.63) is 17.5 Å². The topological polar surface area (TPSA) is 64.8 Å². The number of rotatable bonds is 2. The van der Waals surface area contributed by atoms with Gasteiger partial charge in [0.05, 0.1) is 0 Å². The van der Waals surface area contributed by atoms with Gasteiger partial charge in [-0.15, -0.1) is 0 Å². The van der Waals surface area contributed by atoms with Crippen molar-refractivity contribution in [3.63, 3.8) is 0 Å². The Morgan fingerprint density at radius 3 is 2.78 bits per heavy atom. The summed E-state index contributed by atoms with van der Waals surface area (Å²) < 4.78 is 0. The third kappa shape index (κ3) is 2.16. The van der Waals surface area contributed by atoms with E-state index in [2.05, 4.69) is 26.3 Å². The summed E-state index contributed by atoms with van der Waals surface area (Å²) in [6, 6.07) is 4.22. The van der Waals surface area contributed by atoms with Crippen molar-refractivity contribution in [3.8, 4) is 6.07 Å². The maximum atomic E-state index is 8.92. The second kappa shape index (κ2) is 4.54. The molecule has 3 aliphatic heterocycles. The summed E-state index contributed by atoms with van der Waals surface area (Å²) >= 11 is 0. The molecule has 4 rings (SSSR count). The maximum Gasteiger partial charge on any atom is 0.224 e. The van der Waals surface area contributed by atoms with Crippen LogP contribution in [0.4, 0.5) is 5.95 Å². The van der Waals surface area contributed by atoms with E-state index in [-0.39, 0.29) is 0 Å². The highest BCUT2D eigenvalue weighted by molar-refractivity contribution is 5.34. The molecule has 0 spiro atoms. The lowest BCUT2D eigenvalue weighted by Gasteiger charge is -2.44. The lowest BCUT2D eigenvalue weighted by molar-refractivity contribution is 0.0972. The largest absolute Gasteiger partial charge is 0.350 e. The number of aromatic nitrogens is 2. The Labute approximate surface area is 107 Å². The van der Waals surface area contributed by atoms with Crippen LogP contribution in [0.3, 0.4) is 0 Å². The van der Waals surface area contributed by atoms with E-state index in [1.165, 1.54) is 25.9 Å². The molecule has 0 aliphatic carbocycles. The fourth-order valence-electron chi connectivity index (χ4n) is 2.98. The van der Waals surface area contributed by atoms with Crippen LogP contribution in [-0.2, 0) is 0 Å². The van der Waals surface area contributed by atoms with Crippen LogP contribution in [-0.4, -0.2) is 40.5 Å². The monoisotopic (exact) mass is 243 g/mol. The van der Waals surface area contributed by atoms with Gasteiger partial charge in [0, 0.05) is 18.3 Å². The van der Waals surface area contributed by atoms with E-state index >= 15 is 0 Å². The summed E-state index contributed by atoms with van der Waals surface area (Å²) in [6.07, 6.45) is 2.52. The first kappa shape index (κ1) is 11.4. The van der Waals surface area contributed by atoms with Crippen molar-refractivity contribution in [1.29, 1.82) is 5.26 Å². The Hall–Kier alpha value is -1.67. The quantitative estimate of drug-likeness (QED) is 0.844. The smallest absolute Gasteiger partial charge is 0.224 e. The van der Waals surface area contributed by atoms with Gasteiger partial charge in [0.2, 0.25) is 5.95 Å². The zero-order valence-corrected chi connectivity index (χ0v) is 10.6. The number of hydrogen-bond donors (Lipinski definition) is 1. The van der Waals surface area contributed by atoms with Crippen LogP contribution in [0.15, 0.2) is 6.07 Å². The summed E-state index contributed by atoms with van der Waals surface area (Å²) in [5, 5.41) is 12.3. The molecule has 3 saturated heterocycles. The molecule has 1 aromatic rings.